The van der Waals surface area contributed by atoms with E-state index in [4.69, 9.17) is 0 Å². The van der Waals surface area contributed by atoms with Crippen LogP contribution < -0.4 is 5.32 Å². The molecule has 2 nitrogen and oxygen atoms in total. The van der Waals surface area contributed by atoms with Gasteiger partial charge in [0.25, 0.3) is 5.91 Å². The van der Waals surface area contributed by atoms with Crippen LogP contribution in [0.2, 0.25) is 0 Å². The molecule has 1 aliphatic rings. The summed E-state index contributed by atoms with van der Waals surface area (Å²) >= 11 is 3.48. The van der Waals surface area contributed by atoms with Crippen molar-refractivity contribution in [3.05, 3.63) is 51.2 Å². The lowest BCUT2D eigenvalue weighted by Gasteiger charge is -2.25. The number of rotatable bonds is 3. The molecule has 1 N–H and O–H groups in total. The minimum Gasteiger partial charge on any atom is -0.344 e. The molecule has 0 fully saturated rings. The average molecular weight is 317 g/mol. The highest BCUT2D eigenvalue weighted by atomic mass is 32.2. The monoisotopic (exact) mass is 317 g/mol. The highest BCUT2D eigenvalue weighted by Crippen LogP contribution is 2.36. The molecule has 21 heavy (non-hydrogen) atoms. The van der Waals surface area contributed by atoms with Crippen molar-refractivity contribution in [1.82, 2.24) is 5.32 Å². The Bertz CT molecular complexity index is 663. The lowest BCUT2D eigenvalue weighted by Crippen LogP contribution is -2.30. The molecular formula is C17H19NOS2. The maximum Gasteiger partial charge on any atom is 0.261 e. The molecule has 1 aromatic heterocycles. The first-order chi connectivity index (χ1) is 10.2. The number of benzene rings is 1. The van der Waals surface area contributed by atoms with Crippen LogP contribution in [-0.2, 0) is 6.42 Å². The van der Waals surface area contributed by atoms with Crippen molar-refractivity contribution in [2.45, 2.75) is 37.6 Å². The van der Waals surface area contributed by atoms with E-state index in [2.05, 4.69) is 37.4 Å². The van der Waals surface area contributed by atoms with Crippen LogP contribution in [-0.4, -0.2) is 11.7 Å². The number of hydrogen-bond donors (Lipinski definition) is 1. The highest BCUT2D eigenvalue weighted by molar-refractivity contribution is 7.99. The van der Waals surface area contributed by atoms with Gasteiger partial charge in [-0.25, -0.2) is 0 Å². The summed E-state index contributed by atoms with van der Waals surface area (Å²) in [5.41, 5.74) is 2.54. The van der Waals surface area contributed by atoms with Crippen molar-refractivity contribution < 1.29 is 4.79 Å². The number of nitrogens with one attached hydrogen (secondary N) is 1. The van der Waals surface area contributed by atoms with Gasteiger partial charge in [-0.2, -0.15) is 0 Å². The lowest BCUT2D eigenvalue weighted by atomic mass is 10.0. The fraction of sp³-hybridized carbons (Fsp3) is 0.353. The Labute approximate surface area is 134 Å². The molecule has 1 aromatic carbocycles. The molecule has 2 heterocycles. The minimum absolute atomic E-state index is 0.0644. The van der Waals surface area contributed by atoms with E-state index < -0.39 is 0 Å². The number of thioether (sulfide) groups is 1. The van der Waals surface area contributed by atoms with E-state index in [1.807, 2.05) is 23.9 Å². The fourth-order valence-corrected chi connectivity index (χ4v) is 4.85. The highest BCUT2D eigenvalue weighted by Gasteiger charge is 2.23. The second kappa shape index (κ2) is 6.24. The van der Waals surface area contributed by atoms with Crippen molar-refractivity contribution in [3.63, 3.8) is 0 Å². The van der Waals surface area contributed by atoms with E-state index >= 15 is 0 Å². The molecule has 1 aliphatic heterocycles. The Balaban J connectivity index is 1.79. The third-order valence-electron chi connectivity index (χ3n) is 3.89. The number of carbonyl (C=O) groups is 1. The molecule has 0 saturated carbocycles. The van der Waals surface area contributed by atoms with Gasteiger partial charge in [-0.1, -0.05) is 25.1 Å². The van der Waals surface area contributed by atoms with Crippen LogP contribution in [0.5, 0.6) is 0 Å². The molecule has 0 spiro atoms. The second-order valence-corrected chi connectivity index (χ2v) is 7.64. The summed E-state index contributed by atoms with van der Waals surface area (Å²) in [5, 5.41) is 3.21. The summed E-state index contributed by atoms with van der Waals surface area (Å²) in [7, 11) is 0. The number of amides is 1. The molecule has 4 heteroatoms. The van der Waals surface area contributed by atoms with E-state index in [1.165, 1.54) is 20.9 Å². The number of carbonyl (C=O) groups excluding carboxylic acids is 1. The first-order valence-corrected chi connectivity index (χ1v) is 9.11. The third kappa shape index (κ3) is 3.01. The van der Waals surface area contributed by atoms with Gasteiger partial charge in [0, 0.05) is 15.5 Å². The van der Waals surface area contributed by atoms with Crippen molar-refractivity contribution in [3.8, 4) is 0 Å². The van der Waals surface area contributed by atoms with Gasteiger partial charge in [0.05, 0.1) is 10.9 Å². The van der Waals surface area contributed by atoms with Gasteiger partial charge in [-0.3, -0.25) is 4.79 Å². The summed E-state index contributed by atoms with van der Waals surface area (Å²) in [5.74, 6) is 1.13. The zero-order valence-electron chi connectivity index (χ0n) is 12.3. The van der Waals surface area contributed by atoms with Crippen LogP contribution in [0.4, 0.5) is 0 Å². The van der Waals surface area contributed by atoms with E-state index in [1.54, 1.807) is 11.3 Å². The molecule has 0 radical (unpaired) electrons. The summed E-state index contributed by atoms with van der Waals surface area (Å²) in [4.78, 5) is 15.9. The molecule has 110 valence electrons. The van der Waals surface area contributed by atoms with Gasteiger partial charge < -0.3 is 5.32 Å². The molecule has 1 atom stereocenters. The van der Waals surface area contributed by atoms with Crippen molar-refractivity contribution >= 4 is 29.0 Å². The van der Waals surface area contributed by atoms with Crippen molar-refractivity contribution in [1.29, 1.82) is 0 Å². The van der Waals surface area contributed by atoms with E-state index in [9.17, 15) is 4.79 Å². The van der Waals surface area contributed by atoms with E-state index in [0.717, 1.165) is 23.5 Å². The zero-order chi connectivity index (χ0) is 14.8. The summed E-state index contributed by atoms with van der Waals surface area (Å²) in [6.45, 7) is 4.22. The van der Waals surface area contributed by atoms with Gasteiger partial charge >= 0.3 is 0 Å². The zero-order valence-corrected chi connectivity index (χ0v) is 13.9. The predicted octanol–water partition coefficient (Wildman–Crippen LogP) is 4.59. The minimum atomic E-state index is 0.0644. The second-order valence-electron chi connectivity index (χ2n) is 5.25. The Morgan fingerprint density at radius 1 is 1.38 bits per heavy atom. The number of fused-ring (bicyclic) bond motifs is 1. The molecular weight excluding hydrogens is 298 g/mol. The third-order valence-corrected chi connectivity index (χ3v) is 6.10. The lowest BCUT2D eigenvalue weighted by molar-refractivity contribution is 0.0939. The van der Waals surface area contributed by atoms with Gasteiger partial charge in [-0.15, -0.1) is 23.1 Å². The van der Waals surface area contributed by atoms with Crippen molar-refractivity contribution in [2.24, 2.45) is 0 Å². The fourth-order valence-electron chi connectivity index (χ4n) is 2.70. The summed E-state index contributed by atoms with van der Waals surface area (Å²) < 4.78 is 0. The van der Waals surface area contributed by atoms with Crippen LogP contribution in [0.15, 0.2) is 35.2 Å². The summed E-state index contributed by atoms with van der Waals surface area (Å²) in [6.07, 6.45) is 1.98. The quantitative estimate of drug-likeness (QED) is 0.897. The average Bonchev–Trinajstić information content (AvgIpc) is 2.89. The van der Waals surface area contributed by atoms with Crippen LogP contribution in [0.25, 0.3) is 0 Å². The van der Waals surface area contributed by atoms with Crippen molar-refractivity contribution in [2.75, 3.05) is 5.75 Å². The Morgan fingerprint density at radius 3 is 2.95 bits per heavy atom. The molecule has 0 bridgehead atoms. The van der Waals surface area contributed by atoms with Crippen LogP contribution in [0, 0.1) is 6.92 Å². The topological polar surface area (TPSA) is 29.1 Å². The Morgan fingerprint density at radius 2 is 2.19 bits per heavy atom. The van der Waals surface area contributed by atoms with Crippen LogP contribution in [0.1, 0.15) is 45.1 Å². The molecule has 0 unspecified atom stereocenters. The smallest absolute Gasteiger partial charge is 0.261 e. The first kappa shape index (κ1) is 14.7. The van der Waals surface area contributed by atoms with Crippen LogP contribution >= 0.6 is 23.1 Å². The maximum atomic E-state index is 12.5. The molecule has 0 saturated heterocycles. The van der Waals surface area contributed by atoms with Gasteiger partial charge in [0.15, 0.2) is 0 Å². The van der Waals surface area contributed by atoms with E-state index in [0.29, 0.717) is 0 Å². The Kier molecular flexibility index (Phi) is 4.36. The maximum absolute atomic E-state index is 12.5. The standard InChI is InChI=1S/C17H19NOS2/c1-3-12-10-16(21-11(12)2)17(19)18-14-8-9-20-15-7-5-4-6-13(14)15/h4-7,10,14H,3,8-9H2,1-2H3,(H,18,19)/t14-/m1/s1. The van der Waals surface area contributed by atoms with Gasteiger partial charge in [0.1, 0.15) is 0 Å². The van der Waals surface area contributed by atoms with E-state index in [-0.39, 0.29) is 11.9 Å². The molecule has 2 aromatic rings. The molecule has 1 amide bonds. The Hall–Kier alpha value is -1.26. The van der Waals surface area contributed by atoms with Gasteiger partial charge in [-0.05, 0) is 43.0 Å². The largest absolute Gasteiger partial charge is 0.344 e. The normalized spacial score (nSPS) is 17.3. The predicted molar refractivity (Wildman–Crippen MR) is 90.4 cm³/mol. The number of hydrogen-bond acceptors (Lipinski definition) is 3. The molecule has 0 aliphatic carbocycles. The number of aryl methyl sites for hydroxylation is 2. The SMILES string of the molecule is CCc1cc(C(=O)N[C@@H]2CCSc3ccccc32)sc1C. The first-order valence-electron chi connectivity index (χ1n) is 7.31. The summed E-state index contributed by atoms with van der Waals surface area (Å²) in [6, 6.07) is 10.6. The number of thiophene rings is 1. The van der Waals surface area contributed by atoms with Gasteiger partial charge in [0.2, 0.25) is 0 Å². The molecule has 3 rings (SSSR count). The van der Waals surface area contributed by atoms with Crippen LogP contribution in [0.3, 0.4) is 0 Å².